The number of hydrogen-bond donors (Lipinski definition) is 2. The fourth-order valence-electron chi connectivity index (χ4n) is 3.62. The molecule has 2 aromatic carbocycles. The number of hydrogen-bond acceptors (Lipinski definition) is 6. The van der Waals surface area contributed by atoms with Crippen molar-refractivity contribution in [1.82, 2.24) is 10.2 Å². The van der Waals surface area contributed by atoms with Crippen molar-refractivity contribution in [3.05, 3.63) is 70.3 Å². The highest BCUT2D eigenvalue weighted by molar-refractivity contribution is 5.81. The van der Waals surface area contributed by atoms with Crippen LogP contribution in [0.5, 0.6) is 0 Å². The lowest BCUT2D eigenvalue weighted by Crippen LogP contribution is -2.49. The largest absolute Gasteiger partial charge is 0.379 e. The highest BCUT2D eigenvalue weighted by atomic mass is 16.6. The van der Waals surface area contributed by atoms with Gasteiger partial charge in [0.2, 0.25) is 5.91 Å². The predicted octanol–water partition coefficient (Wildman–Crippen LogP) is 2.58. The Balaban J connectivity index is 1.62. The van der Waals surface area contributed by atoms with E-state index in [1.165, 1.54) is 12.1 Å². The Morgan fingerprint density at radius 3 is 2.59 bits per heavy atom. The van der Waals surface area contributed by atoms with Gasteiger partial charge >= 0.3 is 0 Å². The molecule has 8 nitrogen and oxygen atoms in total. The summed E-state index contributed by atoms with van der Waals surface area (Å²) in [5.41, 5.74) is 1.67. The number of benzene rings is 2. The lowest BCUT2D eigenvalue weighted by Gasteiger charge is -2.38. The molecule has 8 heteroatoms. The number of anilines is 1. The molecule has 1 aliphatic rings. The zero-order chi connectivity index (χ0) is 20.6. The number of rotatable bonds is 8. The van der Waals surface area contributed by atoms with Crippen molar-refractivity contribution in [2.24, 2.45) is 0 Å². The molecule has 1 saturated heterocycles. The quantitative estimate of drug-likeness (QED) is 0.524. The number of amides is 1. The fourth-order valence-corrected chi connectivity index (χ4v) is 3.62. The van der Waals surface area contributed by atoms with E-state index in [4.69, 9.17) is 4.74 Å². The molecule has 154 valence electrons. The molecule has 0 aliphatic carbocycles. The van der Waals surface area contributed by atoms with Gasteiger partial charge < -0.3 is 15.4 Å². The van der Waals surface area contributed by atoms with E-state index >= 15 is 0 Å². The van der Waals surface area contributed by atoms with Crippen molar-refractivity contribution in [1.29, 1.82) is 0 Å². The topological polar surface area (TPSA) is 96.7 Å². The second-order valence-corrected chi connectivity index (χ2v) is 7.02. The second-order valence-electron chi connectivity index (χ2n) is 7.02. The van der Waals surface area contributed by atoms with Crippen LogP contribution in [0, 0.1) is 10.1 Å². The first-order valence-electron chi connectivity index (χ1n) is 9.69. The number of carbonyl (C=O) groups excluding carboxylic acids is 1. The van der Waals surface area contributed by atoms with Crippen molar-refractivity contribution in [3.63, 3.8) is 0 Å². The number of ether oxygens (including phenoxy) is 1. The van der Waals surface area contributed by atoms with E-state index < -0.39 is 4.92 Å². The molecule has 1 fully saturated rings. The van der Waals surface area contributed by atoms with Crippen molar-refractivity contribution in [2.75, 3.05) is 38.2 Å². The van der Waals surface area contributed by atoms with Crippen LogP contribution in [0.2, 0.25) is 0 Å². The van der Waals surface area contributed by atoms with E-state index in [1.54, 1.807) is 12.1 Å². The van der Waals surface area contributed by atoms with Crippen LogP contribution in [0.15, 0.2) is 54.6 Å². The highest BCUT2D eigenvalue weighted by Gasteiger charge is 2.28. The molecule has 0 bridgehead atoms. The average Bonchev–Trinajstić information content (AvgIpc) is 2.74. The lowest BCUT2D eigenvalue weighted by molar-refractivity contribution is -0.384. The van der Waals surface area contributed by atoms with Gasteiger partial charge in [-0.1, -0.05) is 36.4 Å². The summed E-state index contributed by atoms with van der Waals surface area (Å²) in [4.78, 5) is 25.3. The number of nitro benzene ring substituents is 1. The predicted molar refractivity (Wildman–Crippen MR) is 111 cm³/mol. The summed E-state index contributed by atoms with van der Waals surface area (Å²) in [5.74, 6) is -0.168. The number of morpholine rings is 1. The number of carbonyl (C=O) groups is 1. The third-order valence-corrected chi connectivity index (χ3v) is 4.95. The summed E-state index contributed by atoms with van der Waals surface area (Å²) in [7, 11) is 0. The van der Waals surface area contributed by atoms with Crippen LogP contribution >= 0.6 is 0 Å². The van der Waals surface area contributed by atoms with Crippen molar-refractivity contribution in [2.45, 2.75) is 19.0 Å². The standard InChI is InChI=1S/C21H26N4O4/c1-16(21(17-6-3-2-4-7-17)24-10-12-29-13-11-24)23-20(26)15-22-18-8-5-9-19(14-18)25(27)28/h2-9,14,16,21-22H,10-13,15H2,1H3,(H,23,26)/t16-,21-/m0/s1. The monoisotopic (exact) mass is 398 g/mol. The van der Waals surface area contributed by atoms with Gasteiger partial charge in [-0.3, -0.25) is 19.8 Å². The number of nitrogens with one attached hydrogen (secondary N) is 2. The molecule has 2 N–H and O–H groups in total. The first-order valence-corrected chi connectivity index (χ1v) is 9.69. The normalized spacial score (nSPS) is 16.6. The van der Waals surface area contributed by atoms with Crippen LogP contribution in [0.25, 0.3) is 0 Å². The minimum Gasteiger partial charge on any atom is -0.379 e. The first kappa shape index (κ1) is 20.8. The molecule has 2 aromatic rings. The Morgan fingerprint density at radius 1 is 1.17 bits per heavy atom. The molecule has 1 aliphatic heterocycles. The zero-order valence-corrected chi connectivity index (χ0v) is 16.4. The number of non-ortho nitro benzene ring substituents is 1. The summed E-state index contributed by atoms with van der Waals surface area (Å²) in [5, 5.41) is 16.9. The maximum absolute atomic E-state index is 12.5. The molecule has 0 radical (unpaired) electrons. The van der Waals surface area contributed by atoms with Gasteiger partial charge in [-0.2, -0.15) is 0 Å². The van der Waals surface area contributed by atoms with E-state index in [-0.39, 0.29) is 30.2 Å². The van der Waals surface area contributed by atoms with Gasteiger partial charge in [0, 0.05) is 37.0 Å². The SMILES string of the molecule is C[C@H](NC(=O)CNc1cccc([N+](=O)[O-])c1)[C@@H](c1ccccc1)N1CCOCC1. The van der Waals surface area contributed by atoms with Gasteiger partial charge in [0.25, 0.3) is 5.69 Å². The molecule has 0 unspecified atom stereocenters. The van der Waals surface area contributed by atoms with Crippen molar-refractivity contribution in [3.8, 4) is 0 Å². The smallest absolute Gasteiger partial charge is 0.271 e. The summed E-state index contributed by atoms with van der Waals surface area (Å²) >= 11 is 0. The molecule has 1 heterocycles. The number of nitrogens with zero attached hydrogens (tertiary/aromatic N) is 2. The van der Waals surface area contributed by atoms with E-state index in [9.17, 15) is 14.9 Å². The molecule has 0 spiro atoms. The Labute approximate surface area is 170 Å². The van der Waals surface area contributed by atoms with Gasteiger partial charge in [0.05, 0.1) is 30.7 Å². The first-order chi connectivity index (χ1) is 14.0. The van der Waals surface area contributed by atoms with Gasteiger partial charge in [-0.05, 0) is 18.6 Å². The molecule has 2 atom stereocenters. The third-order valence-electron chi connectivity index (χ3n) is 4.95. The minimum absolute atomic E-state index is 0.0137. The maximum Gasteiger partial charge on any atom is 0.271 e. The van der Waals surface area contributed by atoms with E-state index in [1.807, 2.05) is 25.1 Å². The molecule has 0 saturated carbocycles. The van der Waals surface area contributed by atoms with Crippen LogP contribution < -0.4 is 10.6 Å². The van der Waals surface area contributed by atoms with Crippen molar-refractivity contribution < 1.29 is 14.5 Å². The van der Waals surface area contributed by atoms with Gasteiger partial charge in [-0.25, -0.2) is 0 Å². The Bertz CT molecular complexity index is 824. The minimum atomic E-state index is -0.458. The van der Waals surface area contributed by atoms with Crippen LogP contribution in [-0.4, -0.2) is 54.6 Å². The van der Waals surface area contributed by atoms with Crippen LogP contribution in [0.3, 0.4) is 0 Å². The summed E-state index contributed by atoms with van der Waals surface area (Å²) < 4.78 is 5.47. The highest BCUT2D eigenvalue weighted by Crippen LogP contribution is 2.25. The summed E-state index contributed by atoms with van der Waals surface area (Å²) in [6, 6.07) is 16.2. The number of nitro groups is 1. The molecule has 0 aromatic heterocycles. The van der Waals surface area contributed by atoms with Gasteiger partial charge in [-0.15, -0.1) is 0 Å². The van der Waals surface area contributed by atoms with Crippen molar-refractivity contribution >= 4 is 17.3 Å². The Kier molecular flexibility index (Phi) is 7.15. The van der Waals surface area contributed by atoms with E-state index in [2.05, 4.69) is 27.7 Å². The molecule has 3 rings (SSSR count). The van der Waals surface area contributed by atoms with E-state index in [0.717, 1.165) is 18.7 Å². The van der Waals surface area contributed by atoms with Crippen LogP contribution in [0.1, 0.15) is 18.5 Å². The molecule has 1 amide bonds. The average molecular weight is 398 g/mol. The van der Waals surface area contributed by atoms with Crippen LogP contribution in [-0.2, 0) is 9.53 Å². The zero-order valence-electron chi connectivity index (χ0n) is 16.4. The van der Waals surface area contributed by atoms with E-state index in [0.29, 0.717) is 18.9 Å². The molecular formula is C21H26N4O4. The third kappa shape index (κ3) is 5.75. The van der Waals surface area contributed by atoms with Gasteiger partial charge in [0.1, 0.15) is 0 Å². The second kappa shape index (κ2) is 9.99. The Hall–Kier alpha value is -2.97. The fraction of sp³-hybridized carbons (Fsp3) is 0.381. The lowest BCUT2D eigenvalue weighted by atomic mass is 9.98. The van der Waals surface area contributed by atoms with Crippen LogP contribution in [0.4, 0.5) is 11.4 Å². The molecule has 29 heavy (non-hydrogen) atoms. The van der Waals surface area contributed by atoms with Gasteiger partial charge in [0.15, 0.2) is 0 Å². The summed E-state index contributed by atoms with van der Waals surface area (Å²) in [6.45, 7) is 5.02. The molecular weight excluding hydrogens is 372 g/mol. The Morgan fingerprint density at radius 2 is 1.90 bits per heavy atom. The summed E-state index contributed by atoms with van der Waals surface area (Å²) in [6.07, 6.45) is 0. The maximum atomic E-state index is 12.5.